The second kappa shape index (κ2) is 6.13. The molecule has 2 aromatic rings. The zero-order valence-corrected chi connectivity index (χ0v) is 13.9. The Bertz CT molecular complexity index is 709. The molecule has 0 aliphatic heterocycles. The summed E-state index contributed by atoms with van der Waals surface area (Å²) >= 11 is 29.9. The standard InChI is InChI=1S/C14H7Cl5O/c1-6-4-7(2-3-8(6)15)14(20)11-9(16)5-10(17)12(18)13(11)19/h2-5H,1H3. The van der Waals surface area contributed by atoms with Crippen molar-refractivity contribution in [1.29, 1.82) is 0 Å². The van der Waals surface area contributed by atoms with E-state index in [1.165, 1.54) is 6.07 Å². The predicted octanol–water partition coefficient (Wildman–Crippen LogP) is 6.49. The minimum atomic E-state index is -0.335. The molecule has 6 heteroatoms. The minimum absolute atomic E-state index is 0.0433. The van der Waals surface area contributed by atoms with Crippen LogP contribution in [0.25, 0.3) is 0 Å². The lowest BCUT2D eigenvalue weighted by atomic mass is 10.0. The number of hydrogen-bond donors (Lipinski definition) is 0. The minimum Gasteiger partial charge on any atom is -0.288 e. The van der Waals surface area contributed by atoms with Crippen LogP contribution in [0.15, 0.2) is 24.3 Å². The molecular weight excluding hydrogens is 361 g/mol. The summed E-state index contributed by atoms with van der Waals surface area (Å²) in [6.45, 7) is 1.80. The molecule has 2 rings (SSSR count). The van der Waals surface area contributed by atoms with Crippen molar-refractivity contribution in [2.45, 2.75) is 6.92 Å². The zero-order valence-electron chi connectivity index (χ0n) is 10.1. The average molecular weight is 368 g/mol. The van der Waals surface area contributed by atoms with Crippen molar-refractivity contribution < 1.29 is 4.79 Å². The van der Waals surface area contributed by atoms with Crippen molar-refractivity contribution in [3.63, 3.8) is 0 Å². The number of aryl methyl sites for hydroxylation is 1. The van der Waals surface area contributed by atoms with Crippen LogP contribution < -0.4 is 0 Å². The number of benzene rings is 2. The SMILES string of the molecule is Cc1cc(C(=O)c2c(Cl)cc(Cl)c(Cl)c2Cl)ccc1Cl. The van der Waals surface area contributed by atoms with Crippen LogP contribution in [-0.4, -0.2) is 5.78 Å². The van der Waals surface area contributed by atoms with E-state index in [0.717, 1.165) is 5.56 Å². The Morgan fingerprint density at radius 3 is 2.10 bits per heavy atom. The molecule has 0 N–H and O–H groups in total. The molecule has 0 aliphatic rings. The molecule has 0 bridgehead atoms. The maximum absolute atomic E-state index is 12.5. The van der Waals surface area contributed by atoms with Gasteiger partial charge in [-0.2, -0.15) is 0 Å². The number of carbonyl (C=O) groups excluding carboxylic acids is 1. The van der Waals surface area contributed by atoms with Crippen LogP contribution in [0.4, 0.5) is 0 Å². The van der Waals surface area contributed by atoms with Gasteiger partial charge < -0.3 is 0 Å². The van der Waals surface area contributed by atoms with Gasteiger partial charge >= 0.3 is 0 Å². The van der Waals surface area contributed by atoms with Crippen LogP contribution in [0.3, 0.4) is 0 Å². The summed E-state index contributed by atoms with van der Waals surface area (Å²) in [5.74, 6) is -0.335. The highest BCUT2D eigenvalue weighted by molar-refractivity contribution is 6.51. The fourth-order valence-electron chi connectivity index (χ4n) is 1.70. The number of rotatable bonds is 2. The van der Waals surface area contributed by atoms with Gasteiger partial charge in [0.05, 0.1) is 25.7 Å². The van der Waals surface area contributed by atoms with E-state index in [1.807, 2.05) is 0 Å². The van der Waals surface area contributed by atoms with E-state index in [1.54, 1.807) is 25.1 Å². The van der Waals surface area contributed by atoms with Gasteiger partial charge in [0.2, 0.25) is 0 Å². The number of halogens is 5. The van der Waals surface area contributed by atoms with Crippen LogP contribution in [-0.2, 0) is 0 Å². The highest BCUT2D eigenvalue weighted by atomic mass is 35.5. The highest BCUT2D eigenvalue weighted by Gasteiger charge is 2.21. The first-order valence-corrected chi connectivity index (χ1v) is 7.35. The molecule has 0 radical (unpaired) electrons. The summed E-state index contributed by atoms with van der Waals surface area (Å²) < 4.78 is 0. The van der Waals surface area contributed by atoms with E-state index in [0.29, 0.717) is 10.6 Å². The quantitative estimate of drug-likeness (QED) is 0.336. The molecule has 2 aromatic carbocycles. The van der Waals surface area contributed by atoms with Crippen molar-refractivity contribution in [2.24, 2.45) is 0 Å². The van der Waals surface area contributed by atoms with Crippen molar-refractivity contribution in [3.8, 4) is 0 Å². The van der Waals surface area contributed by atoms with Crippen LogP contribution in [0, 0.1) is 6.92 Å². The first kappa shape index (κ1) is 15.9. The number of ketones is 1. The van der Waals surface area contributed by atoms with Gasteiger partial charge in [0.25, 0.3) is 0 Å². The van der Waals surface area contributed by atoms with Crippen LogP contribution >= 0.6 is 58.0 Å². The molecule has 0 aliphatic carbocycles. The van der Waals surface area contributed by atoms with E-state index >= 15 is 0 Å². The number of hydrogen-bond acceptors (Lipinski definition) is 1. The Morgan fingerprint density at radius 2 is 1.50 bits per heavy atom. The summed E-state index contributed by atoms with van der Waals surface area (Å²) in [4.78, 5) is 12.5. The van der Waals surface area contributed by atoms with Crippen molar-refractivity contribution in [2.75, 3.05) is 0 Å². The van der Waals surface area contributed by atoms with Crippen LogP contribution in [0.2, 0.25) is 25.1 Å². The third-order valence-electron chi connectivity index (χ3n) is 2.76. The first-order valence-electron chi connectivity index (χ1n) is 5.46. The zero-order chi connectivity index (χ0) is 15.0. The third kappa shape index (κ3) is 2.93. The molecular formula is C14H7Cl5O. The van der Waals surface area contributed by atoms with Crippen molar-refractivity contribution in [1.82, 2.24) is 0 Å². The molecule has 0 saturated heterocycles. The Labute approximate surface area is 141 Å². The third-order valence-corrected chi connectivity index (χ3v) is 4.75. The average Bonchev–Trinajstić information content (AvgIpc) is 2.39. The lowest BCUT2D eigenvalue weighted by Crippen LogP contribution is -2.04. The first-order chi connectivity index (χ1) is 9.32. The fraction of sp³-hybridized carbons (Fsp3) is 0.0714. The lowest BCUT2D eigenvalue weighted by Gasteiger charge is -2.10. The smallest absolute Gasteiger partial charge is 0.196 e. The molecule has 20 heavy (non-hydrogen) atoms. The van der Waals surface area contributed by atoms with E-state index in [2.05, 4.69) is 0 Å². The van der Waals surface area contributed by atoms with Gasteiger partial charge in [0.1, 0.15) is 0 Å². The molecule has 1 nitrogen and oxygen atoms in total. The summed E-state index contributed by atoms with van der Waals surface area (Å²) in [6, 6.07) is 6.31. The fourth-order valence-corrected chi connectivity index (χ4v) is 2.91. The molecule has 0 spiro atoms. The molecule has 0 fully saturated rings. The second-order valence-electron chi connectivity index (χ2n) is 4.14. The van der Waals surface area contributed by atoms with Gasteiger partial charge in [0.15, 0.2) is 5.78 Å². The van der Waals surface area contributed by atoms with E-state index in [9.17, 15) is 4.79 Å². The van der Waals surface area contributed by atoms with Gasteiger partial charge in [-0.25, -0.2) is 0 Å². The van der Waals surface area contributed by atoms with Gasteiger partial charge in [-0.15, -0.1) is 0 Å². The van der Waals surface area contributed by atoms with Gasteiger partial charge in [-0.1, -0.05) is 58.0 Å². The molecule has 0 unspecified atom stereocenters. The normalized spacial score (nSPS) is 10.7. The molecule has 0 aromatic heterocycles. The van der Waals surface area contributed by atoms with Gasteiger partial charge in [0, 0.05) is 10.6 Å². The Morgan fingerprint density at radius 1 is 0.850 bits per heavy atom. The molecule has 104 valence electrons. The molecule has 0 amide bonds. The second-order valence-corrected chi connectivity index (χ2v) is 6.11. The summed E-state index contributed by atoms with van der Waals surface area (Å²) in [5, 5.41) is 1.08. The topological polar surface area (TPSA) is 17.1 Å². The number of carbonyl (C=O) groups is 1. The van der Waals surface area contributed by atoms with Crippen LogP contribution in [0.1, 0.15) is 21.5 Å². The van der Waals surface area contributed by atoms with Crippen molar-refractivity contribution in [3.05, 3.63) is 66.1 Å². The van der Waals surface area contributed by atoms with Gasteiger partial charge in [-0.3, -0.25) is 4.79 Å². The maximum Gasteiger partial charge on any atom is 0.196 e. The Kier molecular flexibility index (Phi) is 4.88. The highest BCUT2D eigenvalue weighted by Crippen LogP contribution is 2.38. The molecule has 0 heterocycles. The van der Waals surface area contributed by atoms with E-state index in [-0.39, 0.29) is 31.4 Å². The lowest BCUT2D eigenvalue weighted by molar-refractivity contribution is 0.103. The largest absolute Gasteiger partial charge is 0.288 e. The van der Waals surface area contributed by atoms with Gasteiger partial charge in [-0.05, 0) is 36.8 Å². The van der Waals surface area contributed by atoms with E-state index in [4.69, 9.17) is 58.0 Å². The summed E-state index contributed by atoms with van der Waals surface area (Å²) in [7, 11) is 0. The van der Waals surface area contributed by atoms with Crippen molar-refractivity contribution >= 4 is 63.8 Å². The maximum atomic E-state index is 12.5. The Hall–Kier alpha value is -0.440. The monoisotopic (exact) mass is 366 g/mol. The molecule has 0 atom stereocenters. The Balaban J connectivity index is 2.59. The predicted molar refractivity (Wildman–Crippen MR) is 86.1 cm³/mol. The van der Waals surface area contributed by atoms with Crippen LogP contribution in [0.5, 0.6) is 0 Å². The van der Waals surface area contributed by atoms with E-state index < -0.39 is 0 Å². The molecule has 0 saturated carbocycles. The summed E-state index contributed by atoms with van der Waals surface area (Å²) in [6.07, 6.45) is 0. The summed E-state index contributed by atoms with van der Waals surface area (Å²) in [5.41, 5.74) is 1.34.